The van der Waals surface area contributed by atoms with Crippen LogP contribution < -0.4 is 16.4 Å². The number of rotatable bonds is 7. The molecule has 0 atom stereocenters. The fourth-order valence-electron chi connectivity index (χ4n) is 2.47. The predicted molar refractivity (Wildman–Crippen MR) is 89.9 cm³/mol. The minimum Gasteiger partial charge on any atom is -0.352 e. The maximum atomic E-state index is 12.2. The summed E-state index contributed by atoms with van der Waals surface area (Å²) in [6, 6.07) is 8.41. The van der Waals surface area contributed by atoms with Gasteiger partial charge < -0.3 is 9.88 Å². The van der Waals surface area contributed by atoms with Crippen molar-refractivity contribution in [3.05, 3.63) is 46.2 Å². The fraction of sp³-hybridized carbons (Fsp3) is 0.353. The molecule has 0 saturated carbocycles. The molecule has 24 heavy (non-hydrogen) atoms. The first-order chi connectivity index (χ1) is 11.5. The highest BCUT2D eigenvalue weighted by Crippen LogP contribution is 2.13. The number of nitrogens with one attached hydrogen (secondary N) is 2. The van der Waals surface area contributed by atoms with E-state index in [1.807, 2.05) is 0 Å². The maximum absolute atomic E-state index is 12.2. The van der Waals surface area contributed by atoms with Crippen LogP contribution >= 0.6 is 0 Å². The molecule has 0 saturated heterocycles. The van der Waals surface area contributed by atoms with Crippen LogP contribution in [0.1, 0.15) is 36.0 Å². The van der Waals surface area contributed by atoms with Crippen molar-refractivity contribution >= 4 is 22.7 Å². The Labute approximate surface area is 139 Å². The molecule has 0 radical (unpaired) electrons. The van der Waals surface area contributed by atoms with Crippen molar-refractivity contribution < 1.29 is 14.8 Å². The van der Waals surface area contributed by atoms with Crippen LogP contribution in [0.2, 0.25) is 0 Å². The van der Waals surface area contributed by atoms with Crippen LogP contribution in [0.5, 0.6) is 0 Å². The third-order valence-electron chi connectivity index (χ3n) is 3.88. The summed E-state index contributed by atoms with van der Waals surface area (Å²) in [6.45, 7) is 0.519. The van der Waals surface area contributed by atoms with Crippen LogP contribution in [0.15, 0.2) is 35.1 Å². The van der Waals surface area contributed by atoms with Gasteiger partial charge in [0.15, 0.2) is 0 Å². The molecule has 0 aliphatic carbocycles. The Morgan fingerprint density at radius 3 is 2.67 bits per heavy atom. The summed E-state index contributed by atoms with van der Waals surface area (Å²) in [4.78, 5) is 34.6. The van der Waals surface area contributed by atoms with E-state index in [-0.39, 0.29) is 17.9 Å². The monoisotopic (exact) mass is 331 g/mol. The second kappa shape index (κ2) is 8.26. The SMILES string of the molecule is Cn1c(=O)ccc2cc(C(=O)NCCCCCC(=O)NO)ccc21. The van der Waals surface area contributed by atoms with E-state index in [1.54, 1.807) is 41.4 Å². The standard InChI is InChI=1S/C17H21N3O4/c1-20-14-8-6-13(11-12(14)7-9-16(20)22)17(23)18-10-4-2-3-5-15(21)19-24/h6-9,11,24H,2-5,10H2,1H3,(H,18,23)(H,19,21). The molecule has 128 valence electrons. The molecular formula is C17H21N3O4. The summed E-state index contributed by atoms with van der Waals surface area (Å²) in [5.74, 6) is -0.566. The Kier molecular flexibility index (Phi) is 6.08. The summed E-state index contributed by atoms with van der Waals surface area (Å²) in [6.07, 6.45) is 2.47. The molecule has 3 N–H and O–H groups in total. The molecule has 2 aromatic rings. The highest BCUT2D eigenvalue weighted by Gasteiger charge is 2.07. The molecule has 1 aromatic heterocycles. The second-order valence-electron chi connectivity index (χ2n) is 5.61. The fourth-order valence-corrected chi connectivity index (χ4v) is 2.47. The maximum Gasteiger partial charge on any atom is 0.251 e. The van der Waals surface area contributed by atoms with Gasteiger partial charge in [0.05, 0.1) is 5.52 Å². The Bertz CT molecular complexity index is 798. The van der Waals surface area contributed by atoms with Gasteiger partial charge in [-0.1, -0.05) is 6.42 Å². The molecule has 0 spiro atoms. The normalized spacial score (nSPS) is 10.6. The van der Waals surface area contributed by atoms with Crippen molar-refractivity contribution in [1.29, 1.82) is 0 Å². The van der Waals surface area contributed by atoms with Gasteiger partial charge in [-0.2, -0.15) is 0 Å². The third-order valence-corrected chi connectivity index (χ3v) is 3.88. The lowest BCUT2D eigenvalue weighted by Gasteiger charge is -2.08. The number of aromatic nitrogens is 1. The number of pyridine rings is 1. The number of carbonyl (C=O) groups is 2. The van der Waals surface area contributed by atoms with Gasteiger partial charge in [0.25, 0.3) is 11.5 Å². The molecule has 7 nitrogen and oxygen atoms in total. The van der Waals surface area contributed by atoms with Crippen LogP contribution in [-0.2, 0) is 11.8 Å². The molecule has 0 bridgehead atoms. The number of hydrogen-bond acceptors (Lipinski definition) is 4. The summed E-state index contributed by atoms with van der Waals surface area (Å²) in [5.41, 5.74) is 2.82. The number of carbonyl (C=O) groups excluding carboxylic acids is 2. The zero-order valence-corrected chi connectivity index (χ0v) is 13.5. The summed E-state index contributed by atoms with van der Waals surface area (Å²) in [5, 5.41) is 12.0. The highest BCUT2D eigenvalue weighted by molar-refractivity contribution is 5.97. The smallest absolute Gasteiger partial charge is 0.251 e. The number of aryl methyl sites for hydroxylation is 1. The van der Waals surface area contributed by atoms with E-state index in [9.17, 15) is 14.4 Å². The molecule has 0 unspecified atom stereocenters. The molecule has 0 aliphatic rings. The number of nitrogens with zero attached hydrogens (tertiary/aromatic N) is 1. The Morgan fingerprint density at radius 1 is 1.12 bits per heavy atom. The topological polar surface area (TPSA) is 100 Å². The Balaban J connectivity index is 1.87. The van der Waals surface area contributed by atoms with Crippen LogP contribution in [0.25, 0.3) is 10.9 Å². The second-order valence-corrected chi connectivity index (χ2v) is 5.61. The minimum absolute atomic E-state index is 0.0884. The first-order valence-corrected chi connectivity index (χ1v) is 7.84. The molecule has 1 heterocycles. The van der Waals surface area contributed by atoms with Gasteiger partial charge in [0, 0.05) is 31.6 Å². The average molecular weight is 331 g/mol. The number of hydrogen-bond donors (Lipinski definition) is 3. The number of unbranched alkanes of at least 4 members (excludes halogenated alkanes) is 2. The van der Waals surface area contributed by atoms with Gasteiger partial charge >= 0.3 is 0 Å². The van der Waals surface area contributed by atoms with Gasteiger partial charge in [-0.05, 0) is 42.5 Å². The summed E-state index contributed by atoms with van der Waals surface area (Å²) < 4.78 is 1.54. The van der Waals surface area contributed by atoms with E-state index in [2.05, 4.69) is 5.32 Å². The lowest BCUT2D eigenvalue weighted by Crippen LogP contribution is -2.24. The Morgan fingerprint density at radius 2 is 1.92 bits per heavy atom. The Hall–Kier alpha value is -2.67. The third kappa shape index (κ3) is 4.42. The van der Waals surface area contributed by atoms with E-state index in [1.165, 1.54) is 6.07 Å². The van der Waals surface area contributed by atoms with E-state index in [0.29, 0.717) is 18.5 Å². The van der Waals surface area contributed by atoms with Crippen LogP contribution in [0.3, 0.4) is 0 Å². The van der Waals surface area contributed by atoms with Crippen molar-refractivity contribution in [2.45, 2.75) is 25.7 Å². The van der Waals surface area contributed by atoms with Gasteiger partial charge in [0.1, 0.15) is 0 Å². The van der Waals surface area contributed by atoms with E-state index >= 15 is 0 Å². The number of hydroxylamine groups is 1. The molecule has 2 amide bonds. The van der Waals surface area contributed by atoms with Crippen LogP contribution in [0, 0.1) is 0 Å². The lowest BCUT2D eigenvalue weighted by molar-refractivity contribution is -0.129. The van der Waals surface area contributed by atoms with E-state index in [4.69, 9.17) is 5.21 Å². The molecule has 0 fully saturated rings. The largest absolute Gasteiger partial charge is 0.352 e. The molecule has 0 aliphatic heterocycles. The summed E-state index contributed by atoms with van der Waals surface area (Å²) >= 11 is 0. The minimum atomic E-state index is -0.399. The lowest BCUT2D eigenvalue weighted by atomic mass is 10.1. The van der Waals surface area contributed by atoms with E-state index in [0.717, 1.165) is 23.7 Å². The number of amides is 2. The first-order valence-electron chi connectivity index (χ1n) is 7.84. The zero-order valence-electron chi connectivity index (χ0n) is 13.5. The molecular weight excluding hydrogens is 310 g/mol. The van der Waals surface area contributed by atoms with Gasteiger partial charge in [-0.25, -0.2) is 5.48 Å². The number of benzene rings is 1. The van der Waals surface area contributed by atoms with Gasteiger partial charge in [-0.3, -0.25) is 19.6 Å². The van der Waals surface area contributed by atoms with Crippen molar-refractivity contribution in [1.82, 2.24) is 15.4 Å². The molecule has 1 aromatic carbocycles. The van der Waals surface area contributed by atoms with Crippen LogP contribution in [-0.4, -0.2) is 28.1 Å². The van der Waals surface area contributed by atoms with E-state index < -0.39 is 5.91 Å². The van der Waals surface area contributed by atoms with Crippen molar-refractivity contribution in [2.24, 2.45) is 7.05 Å². The predicted octanol–water partition coefficient (Wildman–Crippen LogP) is 1.33. The van der Waals surface area contributed by atoms with Crippen molar-refractivity contribution in [3.63, 3.8) is 0 Å². The molecule has 2 rings (SSSR count). The van der Waals surface area contributed by atoms with Crippen LogP contribution in [0.4, 0.5) is 0 Å². The van der Waals surface area contributed by atoms with Crippen molar-refractivity contribution in [2.75, 3.05) is 6.54 Å². The summed E-state index contributed by atoms with van der Waals surface area (Å²) in [7, 11) is 1.70. The van der Waals surface area contributed by atoms with Crippen molar-refractivity contribution in [3.8, 4) is 0 Å². The van der Waals surface area contributed by atoms with Gasteiger partial charge in [0.2, 0.25) is 5.91 Å². The molecule has 7 heteroatoms. The number of fused-ring (bicyclic) bond motifs is 1. The quantitative estimate of drug-likeness (QED) is 0.405. The first kappa shape index (κ1) is 17.7. The highest BCUT2D eigenvalue weighted by atomic mass is 16.5. The average Bonchev–Trinajstić information content (AvgIpc) is 2.60. The van der Waals surface area contributed by atoms with Gasteiger partial charge in [-0.15, -0.1) is 0 Å². The zero-order chi connectivity index (χ0) is 17.5.